The molecule has 1 aliphatic carbocycles. The lowest BCUT2D eigenvalue weighted by Gasteiger charge is -2.33. The van der Waals surface area contributed by atoms with Crippen LogP contribution in [-0.4, -0.2) is 11.4 Å². The van der Waals surface area contributed by atoms with E-state index in [2.05, 4.69) is 18.2 Å². The van der Waals surface area contributed by atoms with Crippen molar-refractivity contribution < 1.29 is 4.79 Å². The number of carbonyl (C=O) groups excluding carboxylic acids is 1. The van der Waals surface area contributed by atoms with Gasteiger partial charge in [0.05, 0.1) is 5.54 Å². The van der Waals surface area contributed by atoms with Crippen molar-refractivity contribution in [2.45, 2.75) is 39.2 Å². The summed E-state index contributed by atoms with van der Waals surface area (Å²) in [7, 11) is 0. The lowest BCUT2D eigenvalue weighted by molar-refractivity contribution is -0.129. The van der Waals surface area contributed by atoms with E-state index in [4.69, 9.17) is 6.42 Å². The molecule has 13 heavy (non-hydrogen) atoms. The van der Waals surface area contributed by atoms with E-state index in [-0.39, 0.29) is 11.8 Å². The van der Waals surface area contributed by atoms with Crippen LogP contribution in [0, 0.1) is 24.2 Å². The minimum absolute atomic E-state index is 0.112. The van der Waals surface area contributed by atoms with Gasteiger partial charge in [-0.2, -0.15) is 0 Å². The molecule has 0 atom stereocenters. The number of hydrogen-bond donors (Lipinski definition) is 1. The fourth-order valence-electron chi connectivity index (χ4n) is 1.56. The van der Waals surface area contributed by atoms with E-state index in [1.165, 1.54) is 0 Å². The second-order valence-electron chi connectivity index (χ2n) is 4.53. The van der Waals surface area contributed by atoms with Crippen LogP contribution in [-0.2, 0) is 4.79 Å². The maximum atomic E-state index is 11.5. The molecule has 1 rings (SSSR count). The fraction of sp³-hybridized carbons (Fsp3) is 0.727. The highest BCUT2D eigenvalue weighted by Crippen LogP contribution is 2.33. The van der Waals surface area contributed by atoms with Crippen LogP contribution in [0.15, 0.2) is 0 Å². The zero-order chi connectivity index (χ0) is 10.1. The number of amides is 1. The van der Waals surface area contributed by atoms with Crippen molar-refractivity contribution in [3.63, 3.8) is 0 Å². The number of nitrogens with one attached hydrogen (secondary N) is 1. The predicted molar refractivity (Wildman–Crippen MR) is 52.9 cm³/mol. The Morgan fingerprint density at radius 1 is 1.54 bits per heavy atom. The summed E-state index contributed by atoms with van der Waals surface area (Å²) in [6.07, 6.45) is 7.29. The Morgan fingerprint density at radius 2 is 2.08 bits per heavy atom. The van der Waals surface area contributed by atoms with Crippen molar-refractivity contribution in [1.29, 1.82) is 0 Å². The third-order valence-electron chi connectivity index (χ3n) is 2.54. The van der Waals surface area contributed by atoms with Gasteiger partial charge in [0, 0.05) is 5.92 Å². The Hall–Kier alpha value is -0.970. The van der Waals surface area contributed by atoms with Gasteiger partial charge in [0.1, 0.15) is 0 Å². The van der Waals surface area contributed by atoms with Crippen LogP contribution in [0.4, 0.5) is 0 Å². The summed E-state index contributed by atoms with van der Waals surface area (Å²) in [6.45, 7) is 5.84. The summed E-state index contributed by atoms with van der Waals surface area (Å²) in [6, 6.07) is 0. The summed E-state index contributed by atoms with van der Waals surface area (Å²) < 4.78 is 0. The van der Waals surface area contributed by atoms with Gasteiger partial charge in [-0.1, -0.05) is 12.8 Å². The van der Waals surface area contributed by atoms with Crippen LogP contribution in [0.5, 0.6) is 0 Å². The van der Waals surface area contributed by atoms with Crippen molar-refractivity contribution in [3.05, 3.63) is 0 Å². The van der Waals surface area contributed by atoms with Gasteiger partial charge in [-0.15, -0.1) is 6.42 Å². The molecule has 72 valence electrons. The predicted octanol–water partition coefficient (Wildman–Crippen LogP) is 1.56. The third-order valence-corrected chi connectivity index (χ3v) is 2.54. The quantitative estimate of drug-likeness (QED) is 0.640. The maximum absolute atomic E-state index is 11.5. The highest BCUT2D eigenvalue weighted by molar-refractivity contribution is 5.80. The minimum Gasteiger partial charge on any atom is -0.340 e. The molecule has 1 amide bonds. The molecule has 0 aliphatic heterocycles. The molecular formula is C11H17NO. The lowest BCUT2D eigenvalue weighted by atomic mass is 9.75. The van der Waals surface area contributed by atoms with Crippen LogP contribution >= 0.6 is 0 Å². The molecule has 0 aromatic rings. The molecule has 1 N–H and O–H groups in total. The third kappa shape index (κ3) is 2.48. The number of hydrogen-bond acceptors (Lipinski definition) is 1. The van der Waals surface area contributed by atoms with Crippen molar-refractivity contribution >= 4 is 5.91 Å². The Morgan fingerprint density at radius 3 is 2.46 bits per heavy atom. The van der Waals surface area contributed by atoms with Crippen LogP contribution in [0.3, 0.4) is 0 Å². The molecule has 0 spiro atoms. The number of rotatable bonds is 2. The smallest absolute Gasteiger partial charge is 0.224 e. The Labute approximate surface area is 80.1 Å². The molecule has 1 aliphatic rings. The van der Waals surface area contributed by atoms with Gasteiger partial charge in [-0.05, 0) is 32.6 Å². The van der Waals surface area contributed by atoms with Crippen molar-refractivity contribution in [1.82, 2.24) is 5.32 Å². The average molecular weight is 179 g/mol. The molecule has 0 unspecified atom stereocenters. The molecule has 0 aromatic heterocycles. The van der Waals surface area contributed by atoms with Gasteiger partial charge in [0.2, 0.25) is 5.91 Å². The van der Waals surface area contributed by atoms with Gasteiger partial charge in [-0.25, -0.2) is 0 Å². The molecular weight excluding hydrogens is 162 g/mol. The van der Waals surface area contributed by atoms with Crippen LogP contribution in [0.25, 0.3) is 0 Å². The monoisotopic (exact) mass is 179 g/mol. The van der Waals surface area contributed by atoms with Crippen LogP contribution in [0.2, 0.25) is 0 Å². The second-order valence-corrected chi connectivity index (χ2v) is 4.53. The molecule has 0 saturated heterocycles. The summed E-state index contributed by atoms with van der Waals surface area (Å²) in [5.41, 5.74) is -0.504. The molecule has 0 bridgehead atoms. The van der Waals surface area contributed by atoms with E-state index in [0.717, 1.165) is 12.8 Å². The van der Waals surface area contributed by atoms with E-state index >= 15 is 0 Å². The Kier molecular flexibility index (Phi) is 2.66. The largest absolute Gasteiger partial charge is 0.340 e. The van der Waals surface area contributed by atoms with Gasteiger partial charge < -0.3 is 5.32 Å². The highest BCUT2D eigenvalue weighted by Gasteiger charge is 2.33. The van der Waals surface area contributed by atoms with Crippen molar-refractivity contribution in [3.8, 4) is 12.3 Å². The fourth-order valence-corrected chi connectivity index (χ4v) is 1.56. The average Bonchev–Trinajstić information content (AvgIpc) is 1.98. The molecule has 0 heterocycles. The molecule has 2 nitrogen and oxygen atoms in total. The first kappa shape index (κ1) is 10.1. The van der Waals surface area contributed by atoms with Crippen molar-refractivity contribution in [2.75, 3.05) is 0 Å². The van der Waals surface area contributed by atoms with E-state index in [9.17, 15) is 4.79 Å². The molecule has 0 radical (unpaired) electrons. The maximum Gasteiger partial charge on any atom is 0.224 e. The summed E-state index contributed by atoms with van der Waals surface area (Å²) in [5.74, 6) is 3.56. The van der Waals surface area contributed by atoms with Gasteiger partial charge in [-0.3, -0.25) is 4.79 Å². The molecule has 2 heteroatoms. The molecule has 1 saturated carbocycles. The van der Waals surface area contributed by atoms with E-state index in [1.807, 2.05) is 13.8 Å². The van der Waals surface area contributed by atoms with Gasteiger partial charge >= 0.3 is 0 Å². The summed E-state index contributed by atoms with van der Waals surface area (Å²) in [4.78, 5) is 11.5. The molecule has 0 aromatic carbocycles. The first-order valence-electron chi connectivity index (χ1n) is 4.74. The van der Waals surface area contributed by atoms with Crippen LogP contribution < -0.4 is 5.32 Å². The Balaban J connectivity index is 2.39. The highest BCUT2D eigenvalue weighted by atomic mass is 16.2. The summed E-state index contributed by atoms with van der Waals surface area (Å²) in [5, 5.41) is 2.85. The van der Waals surface area contributed by atoms with E-state index < -0.39 is 5.54 Å². The first-order chi connectivity index (χ1) is 5.94. The zero-order valence-electron chi connectivity index (χ0n) is 8.55. The van der Waals surface area contributed by atoms with Gasteiger partial charge in [0.15, 0.2) is 0 Å². The van der Waals surface area contributed by atoms with Crippen LogP contribution in [0.1, 0.15) is 33.6 Å². The normalized spacial score (nSPS) is 27.2. The summed E-state index contributed by atoms with van der Waals surface area (Å²) >= 11 is 0. The topological polar surface area (TPSA) is 29.1 Å². The van der Waals surface area contributed by atoms with E-state index in [1.54, 1.807) is 0 Å². The second kappa shape index (κ2) is 3.41. The van der Waals surface area contributed by atoms with Gasteiger partial charge in [0.25, 0.3) is 0 Å². The molecule has 1 fully saturated rings. The minimum atomic E-state index is -0.504. The van der Waals surface area contributed by atoms with Crippen molar-refractivity contribution in [2.24, 2.45) is 11.8 Å². The Bertz CT molecular complexity index is 243. The standard InChI is InChI=1S/C11H17NO/c1-5-11(3,4)12-10(13)9-6-8(2)7-9/h1,8-9H,6-7H2,2-4H3,(H,12,13). The first-order valence-corrected chi connectivity index (χ1v) is 4.74. The zero-order valence-corrected chi connectivity index (χ0v) is 8.55. The van der Waals surface area contributed by atoms with E-state index in [0.29, 0.717) is 5.92 Å². The number of terminal acetylenes is 1. The lowest BCUT2D eigenvalue weighted by Crippen LogP contribution is -2.47. The SMILES string of the molecule is C#CC(C)(C)NC(=O)C1CC(C)C1. The number of carbonyl (C=O) groups is 1.